The van der Waals surface area contributed by atoms with Gasteiger partial charge in [-0.15, -0.1) is 0 Å². The second-order valence-electron chi connectivity index (χ2n) is 8.22. The molecule has 0 bridgehead atoms. The molecule has 2 saturated carbocycles. The Bertz CT molecular complexity index is 852. The van der Waals surface area contributed by atoms with Gasteiger partial charge in [-0.3, -0.25) is 9.78 Å². The number of halogens is 1. The Labute approximate surface area is 176 Å². The molecule has 2 aliphatic rings. The summed E-state index contributed by atoms with van der Waals surface area (Å²) in [5.41, 5.74) is 2.71. The fraction of sp³-hybridized carbons (Fsp3) is 0.565. The Morgan fingerprint density at radius 1 is 1.14 bits per heavy atom. The second kappa shape index (κ2) is 8.50. The first-order chi connectivity index (χ1) is 13.6. The van der Waals surface area contributed by atoms with Crippen LogP contribution in [0.15, 0.2) is 28.9 Å². The molecule has 2 aromatic rings. The van der Waals surface area contributed by atoms with Crippen LogP contribution >= 0.6 is 15.9 Å². The first kappa shape index (κ1) is 19.8. The van der Waals surface area contributed by atoms with E-state index in [-0.39, 0.29) is 11.7 Å². The molecule has 0 atom stereocenters. The smallest absolute Gasteiger partial charge is 0.169 e. The summed E-state index contributed by atoms with van der Waals surface area (Å²) in [6.45, 7) is 6.76. The minimum atomic E-state index is 0.199. The van der Waals surface area contributed by atoms with Crippen LogP contribution in [-0.2, 0) is 0 Å². The lowest BCUT2D eigenvalue weighted by Gasteiger charge is -2.36. The van der Waals surface area contributed by atoms with Gasteiger partial charge in [-0.25, -0.2) is 0 Å². The van der Waals surface area contributed by atoms with E-state index in [4.69, 9.17) is 0 Å². The van der Waals surface area contributed by atoms with Gasteiger partial charge in [-0.1, -0.05) is 29.8 Å². The van der Waals surface area contributed by atoms with Crippen molar-refractivity contribution in [1.82, 2.24) is 9.88 Å². The Kier molecular flexibility index (Phi) is 6.02. The predicted molar refractivity (Wildman–Crippen MR) is 119 cm³/mol. The van der Waals surface area contributed by atoms with Crippen LogP contribution in [-0.4, -0.2) is 40.8 Å². The highest BCUT2D eigenvalue weighted by Gasteiger charge is 2.33. The van der Waals surface area contributed by atoms with Crippen LogP contribution in [0.4, 0.5) is 5.69 Å². The highest BCUT2D eigenvalue weighted by atomic mass is 79.9. The average Bonchev–Trinajstić information content (AvgIpc) is 3.55. The fourth-order valence-corrected chi connectivity index (χ4v) is 4.96. The van der Waals surface area contributed by atoms with E-state index < -0.39 is 0 Å². The first-order valence-corrected chi connectivity index (χ1v) is 11.5. The zero-order valence-corrected chi connectivity index (χ0v) is 18.5. The van der Waals surface area contributed by atoms with E-state index in [0.717, 1.165) is 65.4 Å². The summed E-state index contributed by atoms with van der Waals surface area (Å²) in [5, 5.41) is 4.83. The molecule has 0 amide bonds. The summed E-state index contributed by atoms with van der Waals surface area (Å²) in [7, 11) is 0. The topological polar surface area (TPSA) is 45.2 Å². The molecule has 0 aliphatic heterocycles. The molecule has 0 spiro atoms. The lowest BCUT2D eigenvalue weighted by molar-refractivity contribution is 0.0968. The van der Waals surface area contributed by atoms with Crippen molar-refractivity contribution in [1.29, 1.82) is 0 Å². The number of carbonyl (C=O) groups is 1. The molecule has 0 saturated heterocycles. The minimum absolute atomic E-state index is 0.199. The molecule has 150 valence electrons. The van der Waals surface area contributed by atoms with Gasteiger partial charge in [-0.05, 0) is 69.8 Å². The van der Waals surface area contributed by atoms with Gasteiger partial charge in [0.05, 0.1) is 16.8 Å². The summed E-state index contributed by atoms with van der Waals surface area (Å²) in [6.07, 6.45) is 8.57. The van der Waals surface area contributed by atoms with Crippen LogP contribution in [0.25, 0.3) is 10.9 Å². The number of anilines is 1. The first-order valence-electron chi connectivity index (χ1n) is 10.7. The number of carbonyl (C=O) groups excluding carboxylic acids is 1. The van der Waals surface area contributed by atoms with Crippen molar-refractivity contribution in [2.75, 3.05) is 18.4 Å². The molecule has 2 aliphatic carbocycles. The van der Waals surface area contributed by atoms with Crippen LogP contribution in [0.2, 0.25) is 0 Å². The third-order valence-corrected chi connectivity index (χ3v) is 6.91. The number of nitrogens with one attached hydrogen (secondary N) is 1. The van der Waals surface area contributed by atoms with Crippen LogP contribution in [0.3, 0.4) is 0 Å². The number of hydrogen-bond donors (Lipinski definition) is 1. The van der Waals surface area contributed by atoms with Gasteiger partial charge in [0.2, 0.25) is 0 Å². The zero-order chi connectivity index (χ0) is 19.7. The van der Waals surface area contributed by atoms with Crippen LogP contribution < -0.4 is 5.32 Å². The van der Waals surface area contributed by atoms with Crippen molar-refractivity contribution in [2.24, 2.45) is 5.92 Å². The van der Waals surface area contributed by atoms with Crippen LogP contribution in [0.5, 0.6) is 0 Å². The Balaban J connectivity index is 1.59. The number of pyridine rings is 1. The summed E-state index contributed by atoms with van der Waals surface area (Å²) in [6, 6.07) is 7.24. The summed E-state index contributed by atoms with van der Waals surface area (Å²) < 4.78 is 1.02. The molecular formula is C23H30BrN3O. The third kappa shape index (κ3) is 4.11. The van der Waals surface area contributed by atoms with E-state index in [0.29, 0.717) is 12.1 Å². The maximum Gasteiger partial charge on any atom is 0.169 e. The summed E-state index contributed by atoms with van der Waals surface area (Å²) >= 11 is 3.59. The van der Waals surface area contributed by atoms with E-state index >= 15 is 0 Å². The maximum absolute atomic E-state index is 12.9. The zero-order valence-electron chi connectivity index (χ0n) is 16.9. The molecule has 0 radical (unpaired) electrons. The Morgan fingerprint density at radius 3 is 2.50 bits per heavy atom. The Morgan fingerprint density at radius 2 is 1.86 bits per heavy atom. The number of aromatic nitrogens is 1. The van der Waals surface area contributed by atoms with Gasteiger partial charge in [0.25, 0.3) is 0 Å². The fourth-order valence-electron chi connectivity index (χ4n) is 4.60. The highest BCUT2D eigenvalue weighted by Crippen LogP contribution is 2.38. The van der Waals surface area contributed by atoms with Gasteiger partial charge in [0, 0.05) is 34.1 Å². The summed E-state index contributed by atoms with van der Waals surface area (Å²) in [4.78, 5) is 20.1. The molecule has 4 nitrogen and oxygen atoms in total. The van der Waals surface area contributed by atoms with Crippen molar-refractivity contribution in [2.45, 2.75) is 64.5 Å². The number of fused-ring (bicyclic) bond motifs is 1. The number of hydrogen-bond acceptors (Lipinski definition) is 4. The van der Waals surface area contributed by atoms with E-state index in [2.05, 4.69) is 51.0 Å². The molecule has 1 aromatic heterocycles. The highest BCUT2D eigenvalue weighted by molar-refractivity contribution is 9.10. The molecule has 1 heterocycles. The second-order valence-corrected chi connectivity index (χ2v) is 9.13. The van der Waals surface area contributed by atoms with Crippen LogP contribution in [0, 0.1) is 5.92 Å². The minimum Gasteiger partial charge on any atom is -0.381 e. The standard InChI is InChI=1S/C23H30BrN3O/c1-3-27(4-2)18-10-8-17(9-11-18)26-22-19-13-16(24)7-12-21(19)25-14-20(22)23(28)15-5-6-15/h7,12-15,17-18H,3-6,8-11H2,1-2H3,(H,25,26). The lowest BCUT2D eigenvalue weighted by atomic mass is 9.89. The van der Waals surface area contributed by atoms with Gasteiger partial charge in [0.1, 0.15) is 0 Å². The van der Waals surface area contributed by atoms with Crippen molar-refractivity contribution in [3.63, 3.8) is 0 Å². The average molecular weight is 444 g/mol. The molecule has 0 unspecified atom stereocenters. The monoisotopic (exact) mass is 443 g/mol. The van der Waals surface area contributed by atoms with Gasteiger partial charge < -0.3 is 10.2 Å². The number of ketones is 1. The van der Waals surface area contributed by atoms with Crippen molar-refractivity contribution in [3.05, 3.63) is 34.4 Å². The molecule has 28 heavy (non-hydrogen) atoms. The van der Waals surface area contributed by atoms with Crippen molar-refractivity contribution < 1.29 is 4.79 Å². The molecule has 4 rings (SSSR count). The molecular weight excluding hydrogens is 414 g/mol. The van der Waals surface area contributed by atoms with Gasteiger partial charge >= 0.3 is 0 Å². The van der Waals surface area contributed by atoms with E-state index in [1.807, 2.05) is 12.1 Å². The normalized spacial score (nSPS) is 22.6. The summed E-state index contributed by atoms with van der Waals surface area (Å²) in [5.74, 6) is 0.457. The van der Waals surface area contributed by atoms with Crippen molar-refractivity contribution in [3.8, 4) is 0 Å². The predicted octanol–water partition coefficient (Wildman–Crippen LogP) is 5.65. The number of rotatable bonds is 7. The molecule has 1 N–H and O–H groups in total. The van der Waals surface area contributed by atoms with Gasteiger partial charge in [-0.2, -0.15) is 0 Å². The van der Waals surface area contributed by atoms with E-state index in [1.165, 1.54) is 12.8 Å². The van der Waals surface area contributed by atoms with Gasteiger partial charge in [0.15, 0.2) is 5.78 Å². The van der Waals surface area contributed by atoms with Crippen LogP contribution in [0.1, 0.15) is 62.7 Å². The quantitative estimate of drug-likeness (QED) is 0.561. The van der Waals surface area contributed by atoms with E-state index in [1.54, 1.807) is 6.20 Å². The molecule has 5 heteroatoms. The number of benzene rings is 1. The maximum atomic E-state index is 12.9. The lowest BCUT2D eigenvalue weighted by Crippen LogP contribution is -2.40. The third-order valence-electron chi connectivity index (χ3n) is 6.42. The molecule has 2 fully saturated rings. The van der Waals surface area contributed by atoms with Crippen molar-refractivity contribution >= 4 is 38.3 Å². The SMILES string of the molecule is CCN(CC)C1CCC(Nc2c(C(=O)C3CC3)cnc3ccc(Br)cc23)CC1. The number of Topliss-reactive ketones (excluding diaryl/α,β-unsaturated/α-hetero) is 1. The number of nitrogens with zero attached hydrogens (tertiary/aromatic N) is 2. The Hall–Kier alpha value is -1.46. The van der Waals surface area contributed by atoms with E-state index in [9.17, 15) is 4.79 Å². The molecule has 1 aromatic carbocycles. The largest absolute Gasteiger partial charge is 0.381 e.